The molecule has 2 N–H and O–H groups in total. The zero-order chi connectivity index (χ0) is 11.3. The van der Waals surface area contributed by atoms with Crippen LogP contribution in [0.4, 0.5) is 0 Å². The van der Waals surface area contributed by atoms with E-state index in [0.29, 0.717) is 5.75 Å². The molecule has 0 amide bonds. The number of hydrogen-bond acceptors (Lipinski definition) is 5. The summed E-state index contributed by atoms with van der Waals surface area (Å²) in [6.07, 6.45) is 2.87. The van der Waals surface area contributed by atoms with Crippen LogP contribution < -0.4 is 4.74 Å². The van der Waals surface area contributed by atoms with Gasteiger partial charge in [-0.1, -0.05) is 0 Å². The van der Waals surface area contributed by atoms with Gasteiger partial charge in [0.25, 0.3) is 0 Å². The van der Waals surface area contributed by atoms with Crippen molar-refractivity contribution in [3.63, 3.8) is 0 Å². The Balaban J connectivity index is 2.39. The maximum Gasteiger partial charge on any atom is 0.527 e. The van der Waals surface area contributed by atoms with Gasteiger partial charge >= 0.3 is 13.8 Å². The normalized spacial score (nSPS) is 10.8. The number of carbonyl (C=O) groups excluding carboxylic acids is 1. The van der Waals surface area contributed by atoms with E-state index in [2.05, 4.69) is 9.51 Å². The van der Waals surface area contributed by atoms with Crippen LogP contribution in [-0.2, 0) is 13.9 Å². The molecule has 0 atom stereocenters. The second-order valence-corrected chi connectivity index (χ2v) is 3.60. The molecule has 1 aromatic rings. The maximum absolute atomic E-state index is 10.8. The highest BCUT2D eigenvalue weighted by Crippen LogP contribution is 2.35. The van der Waals surface area contributed by atoms with Gasteiger partial charge in [-0.05, 0) is 12.1 Å². The first-order chi connectivity index (χ1) is 6.97. The fourth-order valence-electron chi connectivity index (χ4n) is 0.734. The van der Waals surface area contributed by atoms with Crippen molar-refractivity contribution in [2.75, 3.05) is 6.61 Å². The summed E-state index contributed by atoms with van der Waals surface area (Å²) in [5.41, 5.74) is 0. The summed E-state index contributed by atoms with van der Waals surface area (Å²) in [5.74, 6) is -0.840. The topological polar surface area (TPSA) is 106 Å². The average molecular weight is 233 g/mol. The number of rotatable bonds is 4. The molecule has 0 fully saturated rings. The minimum atomic E-state index is -4.79. The van der Waals surface area contributed by atoms with Gasteiger partial charge in [-0.3, -0.25) is 14.8 Å². The molecule has 0 saturated heterocycles. The second kappa shape index (κ2) is 4.88. The number of carbonyl (C=O) groups is 1. The van der Waals surface area contributed by atoms with Crippen molar-refractivity contribution < 1.29 is 28.4 Å². The Hall–Kier alpha value is -1.43. The SMILES string of the molecule is O=C(COc1cccnc1)OP(=O)(O)O. The third-order valence-electron chi connectivity index (χ3n) is 1.21. The highest BCUT2D eigenvalue weighted by atomic mass is 31.2. The average Bonchev–Trinajstić information content (AvgIpc) is 2.14. The zero-order valence-corrected chi connectivity index (χ0v) is 8.33. The first-order valence-corrected chi connectivity index (χ1v) is 5.31. The smallest absolute Gasteiger partial charge is 0.480 e. The van der Waals surface area contributed by atoms with Gasteiger partial charge in [-0.25, -0.2) is 9.36 Å². The highest BCUT2D eigenvalue weighted by molar-refractivity contribution is 7.46. The fourth-order valence-corrected chi connectivity index (χ4v) is 1.05. The van der Waals surface area contributed by atoms with Crippen LogP contribution in [-0.4, -0.2) is 27.3 Å². The van der Waals surface area contributed by atoms with E-state index in [9.17, 15) is 9.36 Å². The van der Waals surface area contributed by atoms with Gasteiger partial charge in [0.05, 0.1) is 6.20 Å². The largest absolute Gasteiger partial charge is 0.527 e. The molecule has 1 rings (SSSR count). The molecule has 0 aliphatic rings. The molecule has 1 aromatic heterocycles. The van der Waals surface area contributed by atoms with Crippen molar-refractivity contribution in [3.05, 3.63) is 24.5 Å². The first-order valence-electron chi connectivity index (χ1n) is 3.78. The van der Waals surface area contributed by atoms with Crippen molar-refractivity contribution in [1.82, 2.24) is 4.98 Å². The number of nitrogens with zero attached hydrogens (tertiary/aromatic N) is 1. The summed E-state index contributed by atoms with van der Waals surface area (Å²) in [7, 11) is -4.79. The van der Waals surface area contributed by atoms with Gasteiger partial charge < -0.3 is 9.26 Å². The zero-order valence-electron chi connectivity index (χ0n) is 7.44. The number of pyridine rings is 1. The predicted octanol–water partition coefficient (Wildman–Crippen LogP) is 0.0963. The van der Waals surface area contributed by atoms with Crippen molar-refractivity contribution in [2.24, 2.45) is 0 Å². The molecular formula is C7H8NO6P. The molecule has 8 heteroatoms. The van der Waals surface area contributed by atoms with Gasteiger partial charge in [-0.15, -0.1) is 0 Å². The van der Waals surface area contributed by atoms with Crippen LogP contribution in [0.15, 0.2) is 24.5 Å². The Morgan fingerprint density at radius 2 is 2.27 bits per heavy atom. The number of hydrogen-bond donors (Lipinski definition) is 2. The summed E-state index contributed by atoms with van der Waals surface area (Å²) >= 11 is 0. The van der Waals surface area contributed by atoms with E-state index in [1.165, 1.54) is 18.5 Å². The highest BCUT2D eigenvalue weighted by Gasteiger charge is 2.20. The molecule has 0 saturated carbocycles. The molecule has 0 aromatic carbocycles. The Morgan fingerprint density at radius 1 is 1.53 bits per heavy atom. The maximum atomic E-state index is 10.8. The Labute approximate surface area is 84.9 Å². The summed E-state index contributed by atoms with van der Waals surface area (Å²) in [6.45, 7) is -0.587. The third kappa shape index (κ3) is 5.11. The summed E-state index contributed by atoms with van der Waals surface area (Å²) in [4.78, 5) is 31.0. The number of aromatic nitrogens is 1. The molecule has 1 heterocycles. The van der Waals surface area contributed by atoms with Crippen LogP contribution in [0.3, 0.4) is 0 Å². The summed E-state index contributed by atoms with van der Waals surface area (Å²) in [5, 5.41) is 0. The van der Waals surface area contributed by atoms with Crippen LogP contribution in [0.2, 0.25) is 0 Å². The fraction of sp³-hybridized carbons (Fsp3) is 0.143. The lowest BCUT2D eigenvalue weighted by Gasteiger charge is -2.06. The van der Waals surface area contributed by atoms with Crippen LogP contribution in [0.5, 0.6) is 5.75 Å². The molecule has 0 spiro atoms. The van der Waals surface area contributed by atoms with Gasteiger partial charge in [0.15, 0.2) is 6.61 Å². The van der Waals surface area contributed by atoms with Gasteiger partial charge in [0.1, 0.15) is 5.75 Å². The number of phosphoric ester groups is 1. The van der Waals surface area contributed by atoms with Crippen molar-refractivity contribution in [2.45, 2.75) is 0 Å². The van der Waals surface area contributed by atoms with Crippen molar-refractivity contribution in [1.29, 1.82) is 0 Å². The number of phosphoric acid groups is 1. The van der Waals surface area contributed by atoms with Gasteiger partial charge in [0, 0.05) is 6.20 Å². The van der Waals surface area contributed by atoms with E-state index in [4.69, 9.17) is 14.5 Å². The molecule has 0 bridgehead atoms. The molecular weight excluding hydrogens is 225 g/mol. The molecule has 0 aliphatic heterocycles. The second-order valence-electron chi connectivity index (χ2n) is 2.43. The summed E-state index contributed by atoms with van der Waals surface area (Å²) < 4.78 is 18.8. The number of ether oxygens (including phenoxy) is 1. The van der Waals surface area contributed by atoms with Gasteiger partial charge in [-0.2, -0.15) is 0 Å². The van der Waals surface area contributed by atoms with Crippen LogP contribution in [0, 0.1) is 0 Å². The van der Waals surface area contributed by atoms with Crippen LogP contribution >= 0.6 is 7.82 Å². The minimum Gasteiger partial charge on any atom is -0.480 e. The molecule has 15 heavy (non-hydrogen) atoms. The van der Waals surface area contributed by atoms with E-state index >= 15 is 0 Å². The third-order valence-corrected chi connectivity index (χ3v) is 1.65. The first kappa shape index (κ1) is 11.6. The van der Waals surface area contributed by atoms with Crippen LogP contribution in [0.25, 0.3) is 0 Å². The standard InChI is InChI=1S/C7H8NO6P/c9-7(14-15(10,11)12)5-13-6-2-1-3-8-4-6/h1-4H,5H2,(H2,10,11,12). The molecule has 82 valence electrons. The molecule has 0 unspecified atom stereocenters. The van der Waals surface area contributed by atoms with E-state index in [1.807, 2.05) is 0 Å². The van der Waals surface area contributed by atoms with E-state index in [1.54, 1.807) is 6.07 Å². The Bertz CT molecular complexity index is 374. The van der Waals surface area contributed by atoms with E-state index in [0.717, 1.165) is 0 Å². The minimum absolute atomic E-state index is 0.306. The lowest BCUT2D eigenvalue weighted by molar-refractivity contribution is -0.137. The monoisotopic (exact) mass is 233 g/mol. The Morgan fingerprint density at radius 3 is 2.80 bits per heavy atom. The van der Waals surface area contributed by atoms with Crippen LogP contribution in [0.1, 0.15) is 0 Å². The Kier molecular flexibility index (Phi) is 3.79. The van der Waals surface area contributed by atoms with Crippen molar-refractivity contribution >= 4 is 13.8 Å². The van der Waals surface area contributed by atoms with Gasteiger partial charge in [0.2, 0.25) is 0 Å². The lowest BCUT2D eigenvalue weighted by atomic mass is 10.5. The molecule has 7 nitrogen and oxygen atoms in total. The summed E-state index contributed by atoms with van der Waals surface area (Å²) in [6, 6.07) is 3.13. The molecule has 0 radical (unpaired) electrons. The van der Waals surface area contributed by atoms with Crippen molar-refractivity contribution in [3.8, 4) is 5.75 Å². The quantitative estimate of drug-likeness (QED) is 0.710. The molecule has 0 aliphatic carbocycles. The predicted molar refractivity (Wildman–Crippen MR) is 47.9 cm³/mol. The van der Waals surface area contributed by atoms with E-state index in [-0.39, 0.29) is 0 Å². The lowest BCUT2D eigenvalue weighted by Crippen LogP contribution is -2.13. The van der Waals surface area contributed by atoms with E-state index < -0.39 is 20.4 Å².